The lowest BCUT2D eigenvalue weighted by molar-refractivity contribution is -0.115. The predicted molar refractivity (Wildman–Crippen MR) is 147 cm³/mol. The zero-order chi connectivity index (χ0) is 24.8. The summed E-state index contributed by atoms with van der Waals surface area (Å²) in [5, 5.41) is 9.60. The molecular formula is C25H18Cl3N3O2S2. The number of aromatic nitrogens is 1. The summed E-state index contributed by atoms with van der Waals surface area (Å²) >= 11 is 20.6. The van der Waals surface area contributed by atoms with E-state index in [4.69, 9.17) is 34.8 Å². The summed E-state index contributed by atoms with van der Waals surface area (Å²) in [6.45, 7) is 0. The Morgan fingerprint density at radius 3 is 2.46 bits per heavy atom. The van der Waals surface area contributed by atoms with Crippen molar-refractivity contribution in [1.82, 2.24) is 4.98 Å². The van der Waals surface area contributed by atoms with E-state index in [-0.39, 0.29) is 24.0 Å². The number of benzene rings is 3. The summed E-state index contributed by atoms with van der Waals surface area (Å²) in [6, 6.07) is 19.8. The third-order valence-corrected chi connectivity index (χ3v) is 7.47. The molecule has 2 amide bonds. The van der Waals surface area contributed by atoms with Gasteiger partial charge in [-0.05, 0) is 48.0 Å². The molecule has 0 bridgehead atoms. The first-order valence-corrected chi connectivity index (χ1v) is 13.3. The number of halogens is 3. The Balaban J connectivity index is 1.29. The number of rotatable bonds is 8. The molecule has 4 aromatic rings. The molecule has 2 N–H and O–H groups in total. The summed E-state index contributed by atoms with van der Waals surface area (Å²) in [4.78, 5) is 30.1. The van der Waals surface area contributed by atoms with E-state index in [2.05, 4.69) is 15.6 Å². The maximum Gasteiger partial charge on any atom is 0.236 e. The van der Waals surface area contributed by atoms with Crippen LogP contribution in [0.25, 0.3) is 11.3 Å². The molecular weight excluding hydrogens is 545 g/mol. The molecule has 1 heterocycles. The molecule has 0 aliphatic rings. The van der Waals surface area contributed by atoms with E-state index in [1.807, 2.05) is 47.8 Å². The Kier molecular flexibility index (Phi) is 8.70. The lowest BCUT2D eigenvalue weighted by atomic mass is 10.1. The van der Waals surface area contributed by atoms with Crippen LogP contribution in [0, 0.1) is 0 Å². The van der Waals surface area contributed by atoms with Gasteiger partial charge in [-0.3, -0.25) is 9.59 Å². The van der Waals surface area contributed by atoms with Crippen molar-refractivity contribution in [2.45, 2.75) is 11.3 Å². The monoisotopic (exact) mass is 561 g/mol. The summed E-state index contributed by atoms with van der Waals surface area (Å²) in [5.41, 5.74) is 3.07. The number of amides is 2. The van der Waals surface area contributed by atoms with E-state index < -0.39 is 0 Å². The molecule has 35 heavy (non-hydrogen) atoms. The van der Waals surface area contributed by atoms with Crippen LogP contribution in [0.5, 0.6) is 0 Å². The fraction of sp³-hybridized carbons (Fsp3) is 0.0800. The molecule has 0 unspecified atom stereocenters. The van der Waals surface area contributed by atoms with Crippen molar-refractivity contribution >= 4 is 80.5 Å². The molecule has 178 valence electrons. The van der Waals surface area contributed by atoms with Gasteiger partial charge in [0.25, 0.3) is 0 Å². The predicted octanol–water partition coefficient (Wildman–Crippen LogP) is 7.68. The lowest BCUT2D eigenvalue weighted by Crippen LogP contribution is -2.15. The highest BCUT2D eigenvalue weighted by molar-refractivity contribution is 8.00. The second-order valence-corrected chi connectivity index (χ2v) is 10.5. The number of hydrogen-bond acceptors (Lipinski definition) is 5. The number of nitrogens with zero attached hydrogens (tertiary/aromatic N) is 1. The van der Waals surface area contributed by atoms with Crippen LogP contribution in [0.4, 0.5) is 10.8 Å². The summed E-state index contributed by atoms with van der Waals surface area (Å²) in [7, 11) is 0. The van der Waals surface area contributed by atoms with E-state index in [0.29, 0.717) is 31.6 Å². The molecule has 4 rings (SSSR count). The summed E-state index contributed by atoms with van der Waals surface area (Å²) in [6.07, 6.45) is 0.245. The van der Waals surface area contributed by atoms with Crippen molar-refractivity contribution in [2.75, 3.05) is 16.4 Å². The maximum atomic E-state index is 12.4. The number of carbonyl (C=O) groups excluding carboxylic acids is 2. The van der Waals surface area contributed by atoms with E-state index in [0.717, 1.165) is 16.0 Å². The standard InChI is InChI=1S/C25H18Cl3N3O2S2/c26-17-7-4-15(5-8-17)10-23(32)29-18-2-1-3-19(12-18)34-14-24(33)31-25-30-22(13-35-25)16-6-9-20(27)21(28)11-16/h1-9,11-13H,10,14H2,(H,29,32)(H,30,31,33). The van der Waals surface area contributed by atoms with Crippen molar-refractivity contribution in [1.29, 1.82) is 0 Å². The van der Waals surface area contributed by atoms with Gasteiger partial charge < -0.3 is 10.6 Å². The van der Waals surface area contributed by atoms with Gasteiger partial charge in [-0.25, -0.2) is 4.98 Å². The van der Waals surface area contributed by atoms with E-state index in [1.165, 1.54) is 23.1 Å². The normalized spacial score (nSPS) is 10.7. The average Bonchev–Trinajstić information content (AvgIpc) is 3.29. The fourth-order valence-electron chi connectivity index (χ4n) is 3.08. The number of nitrogens with one attached hydrogen (secondary N) is 2. The minimum atomic E-state index is -0.179. The molecule has 0 spiro atoms. The van der Waals surface area contributed by atoms with Crippen molar-refractivity contribution in [3.8, 4) is 11.3 Å². The number of thiazole rings is 1. The molecule has 0 atom stereocenters. The maximum absolute atomic E-state index is 12.4. The third-order valence-electron chi connectivity index (χ3n) is 4.73. The molecule has 10 heteroatoms. The second-order valence-electron chi connectivity index (χ2n) is 7.38. The molecule has 0 fully saturated rings. The van der Waals surface area contributed by atoms with Gasteiger partial charge in [-0.2, -0.15) is 0 Å². The minimum Gasteiger partial charge on any atom is -0.326 e. The Morgan fingerprint density at radius 2 is 1.69 bits per heavy atom. The number of hydrogen-bond donors (Lipinski definition) is 2. The van der Waals surface area contributed by atoms with Gasteiger partial charge in [0, 0.05) is 26.5 Å². The van der Waals surface area contributed by atoms with Crippen LogP contribution in [-0.2, 0) is 16.0 Å². The van der Waals surface area contributed by atoms with Crippen LogP contribution < -0.4 is 10.6 Å². The van der Waals surface area contributed by atoms with Crippen LogP contribution >= 0.6 is 57.9 Å². The lowest BCUT2D eigenvalue weighted by Gasteiger charge is -2.08. The van der Waals surface area contributed by atoms with Gasteiger partial charge in [0.1, 0.15) is 0 Å². The number of carbonyl (C=O) groups is 2. The van der Waals surface area contributed by atoms with Crippen molar-refractivity contribution in [3.05, 3.63) is 92.7 Å². The van der Waals surface area contributed by atoms with Crippen molar-refractivity contribution in [3.63, 3.8) is 0 Å². The fourth-order valence-corrected chi connectivity index (χ4v) is 4.99. The van der Waals surface area contributed by atoms with E-state index >= 15 is 0 Å². The van der Waals surface area contributed by atoms with Crippen LogP contribution in [0.15, 0.2) is 77.0 Å². The molecule has 0 aliphatic heterocycles. The van der Waals surface area contributed by atoms with E-state index in [9.17, 15) is 9.59 Å². The van der Waals surface area contributed by atoms with Crippen molar-refractivity contribution in [2.24, 2.45) is 0 Å². The SMILES string of the molecule is O=C(Cc1ccc(Cl)cc1)Nc1cccc(SCC(=O)Nc2nc(-c3ccc(Cl)c(Cl)c3)cs2)c1. The average molecular weight is 563 g/mol. The Hall–Kier alpha value is -2.55. The Labute approximate surface area is 225 Å². The molecule has 0 aliphatic carbocycles. The topological polar surface area (TPSA) is 71.1 Å². The van der Waals surface area contributed by atoms with Crippen LogP contribution in [0.2, 0.25) is 15.1 Å². The largest absolute Gasteiger partial charge is 0.326 e. The van der Waals surface area contributed by atoms with Crippen LogP contribution in [-0.4, -0.2) is 22.6 Å². The summed E-state index contributed by atoms with van der Waals surface area (Å²) < 4.78 is 0. The van der Waals surface area contributed by atoms with Gasteiger partial charge in [0.15, 0.2) is 5.13 Å². The molecule has 0 radical (unpaired) electrons. The highest BCUT2D eigenvalue weighted by Crippen LogP contribution is 2.30. The first-order valence-electron chi connectivity index (χ1n) is 10.3. The van der Waals surface area contributed by atoms with Gasteiger partial charge in [-0.15, -0.1) is 23.1 Å². The van der Waals surface area contributed by atoms with Crippen LogP contribution in [0.1, 0.15) is 5.56 Å². The molecule has 1 aromatic heterocycles. The van der Waals surface area contributed by atoms with E-state index in [1.54, 1.807) is 24.3 Å². The Bertz CT molecular complexity index is 1360. The van der Waals surface area contributed by atoms with Gasteiger partial charge in [0.05, 0.1) is 27.9 Å². The number of thioether (sulfide) groups is 1. The Morgan fingerprint density at radius 1 is 0.886 bits per heavy atom. The molecule has 5 nitrogen and oxygen atoms in total. The zero-order valence-corrected chi connectivity index (χ0v) is 22.0. The molecule has 0 saturated carbocycles. The minimum absolute atomic E-state index is 0.131. The zero-order valence-electron chi connectivity index (χ0n) is 18.1. The second kappa shape index (κ2) is 11.9. The van der Waals surface area contributed by atoms with Gasteiger partial charge >= 0.3 is 0 Å². The summed E-state index contributed by atoms with van der Waals surface area (Å²) in [5.74, 6) is -0.111. The van der Waals surface area contributed by atoms with Crippen molar-refractivity contribution < 1.29 is 9.59 Å². The number of anilines is 2. The first kappa shape index (κ1) is 25.5. The first-order chi connectivity index (χ1) is 16.9. The quantitative estimate of drug-likeness (QED) is 0.216. The van der Waals surface area contributed by atoms with Gasteiger partial charge in [0.2, 0.25) is 11.8 Å². The van der Waals surface area contributed by atoms with Gasteiger partial charge in [-0.1, -0.05) is 59.1 Å². The third kappa shape index (κ3) is 7.46. The molecule has 3 aromatic carbocycles. The highest BCUT2D eigenvalue weighted by Gasteiger charge is 2.11. The smallest absolute Gasteiger partial charge is 0.236 e. The highest BCUT2D eigenvalue weighted by atomic mass is 35.5. The van der Waals surface area contributed by atoms with Crippen LogP contribution in [0.3, 0.4) is 0 Å². The molecule has 0 saturated heterocycles.